The molecule has 0 bridgehead atoms. The van der Waals surface area contributed by atoms with Gasteiger partial charge >= 0.3 is 0 Å². The number of amidine groups is 1. The first-order valence-corrected chi connectivity index (χ1v) is 13.7. The predicted octanol–water partition coefficient (Wildman–Crippen LogP) is 2.63. The van der Waals surface area contributed by atoms with Gasteiger partial charge in [-0.05, 0) is 37.0 Å². The predicted molar refractivity (Wildman–Crippen MR) is 155 cm³/mol. The van der Waals surface area contributed by atoms with E-state index in [0.717, 1.165) is 11.1 Å². The van der Waals surface area contributed by atoms with Gasteiger partial charge < -0.3 is 16.4 Å². The lowest BCUT2D eigenvalue weighted by Gasteiger charge is -2.28. The number of halogens is 1. The Hall–Kier alpha value is -3.73. The first kappa shape index (κ1) is 31.5. The van der Waals surface area contributed by atoms with E-state index in [-0.39, 0.29) is 37.0 Å². The molecule has 0 heterocycles. The van der Waals surface area contributed by atoms with Crippen LogP contribution in [-0.4, -0.2) is 37.6 Å². The maximum atomic E-state index is 13.3. The highest BCUT2D eigenvalue weighted by Crippen LogP contribution is 2.11. The van der Waals surface area contributed by atoms with E-state index in [4.69, 9.17) is 11.1 Å². The van der Waals surface area contributed by atoms with E-state index < -0.39 is 33.4 Å². The number of sulfonamides is 1. The second kappa shape index (κ2) is 13.9. The maximum Gasteiger partial charge on any atom is 0.245 e. The molecular weight excluding hydrogens is 538 g/mol. The number of amides is 2. The minimum absolute atomic E-state index is 0. The molecule has 0 saturated heterocycles. The molecule has 3 rings (SSSR count). The van der Waals surface area contributed by atoms with Gasteiger partial charge in [-0.1, -0.05) is 84.9 Å². The van der Waals surface area contributed by atoms with Crippen molar-refractivity contribution in [2.24, 2.45) is 5.73 Å². The SMILES string of the molecule is CC(C)(NC(=O)[C@@H](Cc1ccccc1)NS(=O)(=O)Cc1ccccc1)C(=O)NCc1ccc(C(=N)N)cc1.Cl. The fourth-order valence-corrected chi connectivity index (χ4v) is 5.09. The average Bonchev–Trinajstić information content (AvgIpc) is 2.87. The zero-order chi connectivity index (χ0) is 27.8. The Morgan fingerprint density at radius 1 is 0.872 bits per heavy atom. The number of rotatable bonds is 12. The van der Waals surface area contributed by atoms with Crippen molar-refractivity contribution in [1.82, 2.24) is 15.4 Å². The summed E-state index contributed by atoms with van der Waals surface area (Å²) in [7, 11) is -3.87. The van der Waals surface area contributed by atoms with Crippen molar-refractivity contribution in [3.05, 3.63) is 107 Å². The Kier molecular flexibility index (Phi) is 11.2. The van der Waals surface area contributed by atoms with E-state index in [9.17, 15) is 18.0 Å². The van der Waals surface area contributed by atoms with Gasteiger partial charge in [-0.15, -0.1) is 12.4 Å². The number of hydrogen-bond acceptors (Lipinski definition) is 5. The smallest absolute Gasteiger partial charge is 0.245 e. The normalized spacial score (nSPS) is 12.1. The van der Waals surface area contributed by atoms with Gasteiger partial charge in [0, 0.05) is 12.1 Å². The summed E-state index contributed by atoms with van der Waals surface area (Å²) >= 11 is 0. The molecule has 0 unspecified atom stereocenters. The van der Waals surface area contributed by atoms with E-state index in [1.54, 1.807) is 80.6 Å². The van der Waals surface area contributed by atoms with Crippen molar-refractivity contribution < 1.29 is 18.0 Å². The van der Waals surface area contributed by atoms with Crippen LogP contribution in [0.25, 0.3) is 0 Å². The molecule has 2 amide bonds. The van der Waals surface area contributed by atoms with Crippen LogP contribution in [0.1, 0.15) is 36.1 Å². The third kappa shape index (κ3) is 9.82. The molecule has 9 nitrogen and oxygen atoms in total. The summed E-state index contributed by atoms with van der Waals surface area (Å²) in [6.45, 7) is 3.31. The monoisotopic (exact) mass is 571 g/mol. The Labute approximate surface area is 235 Å². The standard InChI is InChI=1S/C28H33N5O4S.ClH/c1-28(2,27(35)31-18-21-13-15-23(16-14-21)25(29)30)32-26(34)24(17-20-9-5-3-6-10-20)33-38(36,37)19-22-11-7-4-8-12-22;/h3-16,24,33H,17-19H2,1-2H3,(H3,29,30)(H,31,35)(H,32,34);1H/t24-;/m1./s1. The molecule has 0 aliphatic rings. The van der Waals surface area contributed by atoms with Gasteiger partial charge in [0.2, 0.25) is 21.8 Å². The molecule has 0 spiro atoms. The van der Waals surface area contributed by atoms with Gasteiger partial charge in [-0.25, -0.2) is 13.1 Å². The summed E-state index contributed by atoms with van der Waals surface area (Å²) in [5.74, 6) is -1.38. The van der Waals surface area contributed by atoms with Crippen molar-refractivity contribution >= 4 is 40.1 Å². The van der Waals surface area contributed by atoms with Crippen molar-refractivity contribution in [3.63, 3.8) is 0 Å². The molecular formula is C28H34ClN5O4S. The van der Waals surface area contributed by atoms with Gasteiger partial charge in [-0.2, -0.15) is 0 Å². The second-order valence-electron chi connectivity index (χ2n) is 9.51. The van der Waals surface area contributed by atoms with E-state index in [1.807, 2.05) is 18.2 Å². The van der Waals surface area contributed by atoms with Crippen molar-refractivity contribution in [1.29, 1.82) is 5.41 Å². The molecule has 0 aromatic heterocycles. The summed E-state index contributed by atoms with van der Waals surface area (Å²) in [6, 6.07) is 23.5. The second-order valence-corrected chi connectivity index (χ2v) is 11.3. The first-order valence-electron chi connectivity index (χ1n) is 12.1. The number of carbonyl (C=O) groups excluding carboxylic acids is 2. The van der Waals surface area contributed by atoms with Crippen LogP contribution >= 0.6 is 12.4 Å². The third-order valence-corrected chi connectivity index (χ3v) is 7.20. The molecule has 11 heteroatoms. The highest BCUT2D eigenvalue weighted by Gasteiger charge is 2.33. The minimum atomic E-state index is -3.87. The average molecular weight is 572 g/mol. The van der Waals surface area contributed by atoms with Crippen molar-refractivity contribution in [2.45, 2.75) is 44.1 Å². The Morgan fingerprint density at radius 3 is 1.95 bits per heavy atom. The highest BCUT2D eigenvalue weighted by atomic mass is 35.5. The molecule has 0 fully saturated rings. The fraction of sp³-hybridized carbons (Fsp3) is 0.250. The highest BCUT2D eigenvalue weighted by molar-refractivity contribution is 7.88. The van der Waals surface area contributed by atoms with Gasteiger partial charge in [0.1, 0.15) is 17.4 Å². The summed E-state index contributed by atoms with van der Waals surface area (Å²) in [4.78, 5) is 26.3. The lowest BCUT2D eigenvalue weighted by molar-refractivity contribution is -0.133. The molecule has 6 N–H and O–H groups in total. The molecule has 1 atom stereocenters. The maximum absolute atomic E-state index is 13.3. The van der Waals surface area contributed by atoms with E-state index in [0.29, 0.717) is 11.1 Å². The Balaban J connectivity index is 0.00000533. The van der Waals surface area contributed by atoms with Crippen LogP contribution in [0.3, 0.4) is 0 Å². The number of nitrogens with two attached hydrogens (primary N) is 1. The zero-order valence-electron chi connectivity index (χ0n) is 21.8. The quantitative estimate of drug-likeness (QED) is 0.167. The van der Waals surface area contributed by atoms with Crippen molar-refractivity contribution in [3.8, 4) is 0 Å². The van der Waals surface area contributed by atoms with E-state index in [2.05, 4.69) is 15.4 Å². The van der Waals surface area contributed by atoms with E-state index >= 15 is 0 Å². The molecule has 0 radical (unpaired) electrons. The third-order valence-electron chi connectivity index (χ3n) is 5.84. The van der Waals surface area contributed by atoms with Gasteiger partial charge in [-0.3, -0.25) is 15.0 Å². The number of carbonyl (C=O) groups is 2. The van der Waals surface area contributed by atoms with Crippen molar-refractivity contribution in [2.75, 3.05) is 0 Å². The number of hydrogen-bond donors (Lipinski definition) is 5. The van der Waals surface area contributed by atoms with Gasteiger partial charge in [0.15, 0.2) is 0 Å². The Bertz CT molecular complexity index is 1370. The summed E-state index contributed by atoms with van der Waals surface area (Å²) in [6.07, 6.45) is 0.112. The van der Waals surface area contributed by atoms with Crippen LogP contribution in [0.5, 0.6) is 0 Å². The van der Waals surface area contributed by atoms with Crippen LogP contribution in [0.2, 0.25) is 0 Å². The van der Waals surface area contributed by atoms with Crippen LogP contribution in [0.15, 0.2) is 84.9 Å². The van der Waals surface area contributed by atoms with E-state index in [1.165, 1.54) is 0 Å². The lowest BCUT2D eigenvalue weighted by Crippen LogP contribution is -2.59. The van der Waals surface area contributed by atoms with Crippen LogP contribution in [0, 0.1) is 5.41 Å². The minimum Gasteiger partial charge on any atom is -0.384 e. The number of nitrogen functional groups attached to an aromatic ring is 1. The van der Waals surface area contributed by atoms with Crippen LogP contribution < -0.4 is 21.1 Å². The van der Waals surface area contributed by atoms with Crippen LogP contribution in [0.4, 0.5) is 0 Å². The summed E-state index contributed by atoms with van der Waals surface area (Å²) in [5, 5.41) is 13.0. The molecule has 208 valence electrons. The van der Waals surface area contributed by atoms with Crippen LogP contribution in [-0.2, 0) is 38.3 Å². The molecule has 39 heavy (non-hydrogen) atoms. The van der Waals surface area contributed by atoms with Gasteiger partial charge in [0.05, 0.1) is 5.75 Å². The molecule has 3 aromatic carbocycles. The number of benzene rings is 3. The molecule has 0 aliphatic heterocycles. The fourth-order valence-electron chi connectivity index (χ4n) is 3.75. The molecule has 0 aliphatic carbocycles. The lowest BCUT2D eigenvalue weighted by atomic mass is 10.0. The molecule has 0 saturated carbocycles. The number of nitrogens with one attached hydrogen (secondary N) is 4. The zero-order valence-corrected chi connectivity index (χ0v) is 23.4. The van der Waals surface area contributed by atoms with Gasteiger partial charge in [0.25, 0.3) is 0 Å². The molecule has 3 aromatic rings. The summed E-state index contributed by atoms with van der Waals surface area (Å²) in [5.41, 5.74) is 6.88. The topological polar surface area (TPSA) is 154 Å². The Morgan fingerprint density at radius 2 is 1.41 bits per heavy atom. The summed E-state index contributed by atoms with van der Waals surface area (Å²) < 4.78 is 28.4. The first-order chi connectivity index (χ1) is 17.9. The largest absolute Gasteiger partial charge is 0.384 e.